The minimum absolute atomic E-state index is 0.903. The van der Waals surface area contributed by atoms with Gasteiger partial charge in [0, 0.05) is 12.5 Å². The molecular weight excluding hydrogens is 150 g/mol. The van der Waals surface area contributed by atoms with Crippen LogP contribution >= 0.6 is 11.6 Å². The highest BCUT2D eigenvalue weighted by molar-refractivity contribution is 7.92. The zero-order chi connectivity index (χ0) is 6.78. The summed E-state index contributed by atoms with van der Waals surface area (Å²) in [6.45, 7) is 0. The molecule has 0 radical (unpaired) electrons. The Morgan fingerprint density at radius 3 is 2.00 bits per heavy atom. The van der Waals surface area contributed by atoms with Gasteiger partial charge >= 0.3 is 5.37 Å². The second kappa shape index (κ2) is 2.46. The second-order valence-electron chi connectivity index (χ2n) is 1.53. The summed E-state index contributed by atoms with van der Waals surface area (Å²) >= 11 is 4.78. The zero-order valence-electron chi connectivity index (χ0n) is 4.55. The third-order valence-corrected chi connectivity index (χ3v) is 1.08. The summed E-state index contributed by atoms with van der Waals surface area (Å²) in [6.07, 6.45) is 2.68. The summed E-state index contributed by atoms with van der Waals surface area (Å²) in [6, 6.07) is 0. The van der Waals surface area contributed by atoms with Crippen molar-refractivity contribution in [2.45, 2.75) is 0 Å². The van der Waals surface area contributed by atoms with E-state index in [0.29, 0.717) is 0 Å². The van der Waals surface area contributed by atoms with Crippen LogP contribution in [0.4, 0.5) is 4.79 Å². The molecule has 0 atom stereocenters. The Morgan fingerprint density at radius 2 is 2.00 bits per heavy atom. The SMILES string of the molecule is CS(C)(=O)=NC(=O)Cl. The lowest BCUT2D eigenvalue weighted by Crippen LogP contribution is -1.92. The molecular formula is C3H6ClNO2S. The number of rotatable bonds is 0. The smallest absolute Gasteiger partial charge is 0.252 e. The van der Waals surface area contributed by atoms with Gasteiger partial charge in [0.05, 0.1) is 9.73 Å². The van der Waals surface area contributed by atoms with Gasteiger partial charge < -0.3 is 0 Å². The fourth-order valence-electron chi connectivity index (χ4n) is 0.173. The van der Waals surface area contributed by atoms with Gasteiger partial charge in [0.25, 0.3) is 0 Å². The summed E-state index contributed by atoms with van der Waals surface area (Å²) in [5.74, 6) is 0. The molecule has 0 aliphatic carbocycles. The van der Waals surface area contributed by atoms with Crippen LogP contribution in [-0.4, -0.2) is 22.1 Å². The Labute approximate surface area is 53.2 Å². The fourth-order valence-corrected chi connectivity index (χ4v) is 1.02. The molecule has 0 saturated carbocycles. The van der Waals surface area contributed by atoms with Gasteiger partial charge in [-0.15, -0.1) is 4.36 Å². The summed E-state index contributed by atoms with van der Waals surface area (Å²) in [5, 5.41) is -0.903. The normalized spacial score (nSPS) is 10.9. The van der Waals surface area contributed by atoms with Crippen molar-refractivity contribution in [1.82, 2.24) is 0 Å². The molecule has 0 aromatic heterocycles. The van der Waals surface area contributed by atoms with E-state index < -0.39 is 15.1 Å². The molecule has 0 aliphatic rings. The first-order valence-corrected chi connectivity index (χ1v) is 4.49. The third-order valence-electron chi connectivity index (χ3n) is 0.292. The second-order valence-corrected chi connectivity index (χ2v) is 4.39. The lowest BCUT2D eigenvalue weighted by molar-refractivity contribution is 0.267. The molecule has 0 fully saturated rings. The summed E-state index contributed by atoms with van der Waals surface area (Å²) in [5.41, 5.74) is 0. The molecule has 0 rings (SSSR count). The van der Waals surface area contributed by atoms with Crippen LogP contribution in [0, 0.1) is 0 Å². The van der Waals surface area contributed by atoms with E-state index in [1.165, 1.54) is 12.5 Å². The van der Waals surface area contributed by atoms with Crippen LogP contribution in [0.15, 0.2) is 4.36 Å². The van der Waals surface area contributed by atoms with E-state index in [1.54, 1.807) is 0 Å². The molecule has 0 aromatic carbocycles. The van der Waals surface area contributed by atoms with E-state index >= 15 is 0 Å². The van der Waals surface area contributed by atoms with Crippen LogP contribution in [0.25, 0.3) is 0 Å². The molecule has 0 saturated heterocycles. The van der Waals surface area contributed by atoms with Crippen molar-refractivity contribution in [3.8, 4) is 0 Å². The summed E-state index contributed by atoms with van der Waals surface area (Å²) < 4.78 is 13.6. The molecule has 1 amide bonds. The Balaban J connectivity index is 4.44. The van der Waals surface area contributed by atoms with Gasteiger partial charge in [-0.25, -0.2) is 4.21 Å². The number of hydrogen-bond donors (Lipinski definition) is 0. The van der Waals surface area contributed by atoms with Gasteiger partial charge in [-0.3, -0.25) is 4.79 Å². The quantitative estimate of drug-likeness (QED) is 0.388. The van der Waals surface area contributed by atoms with Crippen molar-refractivity contribution in [3.63, 3.8) is 0 Å². The Hall–Kier alpha value is -0.0900. The highest BCUT2D eigenvalue weighted by Gasteiger charge is 1.92. The molecule has 3 nitrogen and oxygen atoms in total. The molecule has 0 aromatic rings. The Bertz CT molecular complexity index is 195. The number of nitrogens with zero attached hydrogens (tertiary/aromatic N) is 1. The van der Waals surface area contributed by atoms with Gasteiger partial charge in [-0.2, -0.15) is 0 Å². The van der Waals surface area contributed by atoms with E-state index in [-0.39, 0.29) is 0 Å². The van der Waals surface area contributed by atoms with Crippen LogP contribution in [-0.2, 0) is 9.73 Å². The van der Waals surface area contributed by atoms with Crippen molar-refractivity contribution in [2.75, 3.05) is 12.5 Å². The largest absolute Gasteiger partial charge is 0.347 e. The van der Waals surface area contributed by atoms with Crippen LogP contribution in [0.3, 0.4) is 0 Å². The molecule has 0 bridgehead atoms. The van der Waals surface area contributed by atoms with Crippen LogP contribution in [0.2, 0.25) is 0 Å². The van der Waals surface area contributed by atoms with Crippen molar-refractivity contribution in [1.29, 1.82) is 0 Å². The van der Waals surface area contributed by atoms with Crippen LogP contribution < -0.4 is 0 Å². The molecule has 0 heterocycles. The fraction of sp³-hybridized carbons (Fsp3) is 0.667. The predicted molar refractivity (Wildman–Crippen MR) is 33.7 cm³/mol. The Morgan fingerprint density at radius 1 is 1.62 bits per heavy atom. The average Bonchev–Trinajstić information content (AvgIpc) is 1.21. The zero-order valence-corrected chi connectivity index (χ0v) is 6.12. The minimum atomic E-state index is -2.33. The van der Waals surface area contributed by atoms with Crippen molar-refractivity contribution < 1.29 is 9.00 Å². The monoisotopic (exact) mass is 155 g/mol. The van der Waals surface area contributed by atoms with E-state index in [4.69, 9.17) is 11.6 Å². The van der Waals surface area contributed by atoms with Gasteiger partial charge in [-0.1, -0.05) is 0 Å². The van der Waals surface area contributed by atoms with Crippen molar-refractivity contribution in [3.05, 3.63) is 0 Å². The number of halogens is 1. The molecule has 0 aliphatic heterocycles. The van der Waals surface area contributed by atoms with E-state index in [0.717, 1.165) is 0 Å². The first-order valence-electron chi connectivity index (χ1n) is 1.78. The first kappa shape index (κ1) is 7.91. The van der Waals surface area contributed by atoms with Crippen LogP contribution in [0.5, 0.6) is 0 Å². The van der Waals surface area contributed by atoms with E-state index in [1.807, 2.05) is 0 Å². The third kappa shape index (κ3) is 5.91. The number of carbonyl (C=O) groups excluding carboxylic acids is 1. The first-order chi connectivity index (χ1) is 3.42. The number of amides is 1. The lowest BCUT2D eigenvalue weighted by atomic mass is 11.5. The van der Waals surface area contributed by atoms with Gasteiger partial charge in [-0.05, 0) is 11.6 Å². The summed E-state index contributed by atoms with van der Waals surface area (Å²) in [7, 11) is -2.33. The van der Waals surface area contributed by atoms with Gasteiger partial charge in [0.15, 0.2) is 0 Å². The minimum Gasteiger partial charge on any atom is -0.252 e. The van der Waals surface area contributed by atoms with E-state index in [2.05, 4.69) is 4.36 Å². The standard InChI is InChI=1S/C3H6ClNO2S/c1-8(2,7)5-3(4)6/h1-2H3. The molecule has 0 unspecified atom stereocenters. The predicted octanol–water partition coefficient (Wildman–Crippen LogP) is 1.07. The average molecular weight is 156 g/mol. The molecule has 0 N–H and O–H groups in total. The number of carbonyl (C=O) groups is 1. The molecule has 8 heavy (non-hydrogen) atoms. The molecule has 48 valence electrons. The summed E-state index contributed by atoms with van der Waals surface area (Å²) in [4.78, 5) is 9.88. The van der Waals surface area contributed by atoms with Crippen molar-refractivity contribution in [2.24, 2.45) is 4.36 Å². The molecule has 0 spiro atoms. The lowest BCUT2D eigenvalue weighted by Gasteiger charge is -1.85. The maximum Gasteiger partial charge on any atom is 0.347 e. The maximum atomic E-state index is 10.5. The van der Waals surface area contributed by atoms with Gasteiger partial charge in [0.2, 0.25) is 0 Å². The highest BCUT2D eigenvalue weighted by atomic mass is 35.5. The van der Waals surface area contributed by atoms with Gasteiger partial charge in [0.1, 0.15) is 0 Å². The topological polar surface area (TPSA) is 46.5 Å². The number of hydrogen-bond acceptors (Lipinski definition) is 2. The molecule has 5 heteroatoms. The van der Waals surface area contributed by atoms with E-state index in [9.17, 15) is 9.00 Å². The highest BCUT2D eigenvalue weighted by Crippen LogP contribution is 1.90. The Kier molecular flexibility index (Phi) is 2.43. The van der Waals surface area contributed by atoms with Crippen LogP contribution in [0.1, 0.15) is 0 Å². The van der Waals surface area contributed by atoms with Crippen molar-refractivity contribution >= 4 is 26.7 Å². The maximum absolute atomic E-state index is 10.5.